The van der Waals surface area contributed by atoms with Crippen molar-refractivity contribution in [1.29, 1.82) is 0 Å². The van der Waals surface area contributed by atoms with Crippen LogP contribution in [0, 0.1) is 0 Å². The number of aromatic amines is 3. The van der Waals surface area contributed by atoms with Gasteiger partial charge in [-0.25, -0.2) is 23.5 Å². The maximum Gasteiger partial charge on any atom is 0.387 e. The standard InChI is InChI=1S/C18H20FN9O9P2S2/c19-9-7-3-34-38(31,40)33-2-1-27-8(24-11-13(27)21-5-22-15(11)29)4-35-39(32,41)37-12(9)17(36-7)28-6-23-10-14(28)25-18(20)26-16(10)30/h5-7,9,12,17H,1-4H2,(H6,20,21,22,25,26,29,30,31,32,40,41)/p+1. The minimum atomic E-state index is -4.37. The molecule has 220 valence electrons. The zero-order valence-corrected chi connectivity index (χ0v) is 23.9. The quantitative estimate of drug-likeness (QED) is 0.0879. The molecule has 1 fully saturated rings. The second-order valence-electron chi connectivity index (χ2n) is 8.83. The highest BCUT2D eigenvalue weighted by Crippen LogP contribution is 2.57. The van der Waals surface area contributed by atoms with E-state index in [4.69, 9.17) is 40.4 Å². The minimum absolute atomic E-state index is 0.00846. The van der Waals surface area contributed by atoms with Crippen molar-refractivity contribution in [1.82, 2.24) is 34.5 Å². The molecule has 4 aromatic rings. The van der Waals surface area contributed by atoms with Crippen LogP contribution in [0.2, 0.25) is 0 Å². The van der Waals surface area contributed by atoms with E-state index in [1.807, 2.05) is 0 Å². The number of nitrogens with two attached hydrogens (primary N) is 1. The third-order valence-corrected chi connectivity index (χ3v) is 9.46. The van der Waals surface area contributed by atoms with Crippen molar-refractivity contribution >= 4 is 65.8 Å². The minimum Gasteiger partial charge on any atom is -0.355 e. The molecule has 2 bridgehead atoms. The second kappa shape index (κ2) is 10.6. The highest BCUT2D eigenvalue weighted by molar-refractivity contribution is 8.44. The first kappa shape index (κ1) is 28.5. The third kappa shape index (κ3) is 5.50. The summed E-state index contributed by atoms with van der Waals surface area (Å²) in [5, 5.41) is 0. The van der Waals surface area contributed by atoms with Crippen LogP contribution in [0.1, 0.15) is 12.1 Å². The number of anilines is 1. The molecule has 6 rings (SSSR count). The summed E-state index contributed by atoms with van der Waals surface area (Å²) in [6, 6.07) is 0. The van der Waals surface area contributed by atoms with Gasteiger partial charge in [-0.3, -0.25) is 28.6 Å². The van der Waals surface area contributed by atoms with E-state index < -0.39 is 62.5 Å². The van der Waals surface area contributed by atoms with Crippen molar-refractivity contribution in [3.63, 3.8) is 0 Å². The van der Waals surface area contributed by atoms with Crippen molar-refractivity contribution in [3.8, 4) is 0 Å². The van der Waals surface area contributed by atoms with Gasteiger partial charge in [0, 0.05) is 6.54 Å². The average Bonchev–Trinajstić information content (AvgIpc) is 3.56. The molecule has 41 heavy (non-hydrogen) atoms. The fraction of sp³-hybridized carbons (Fsp3) is 0.444. The maximum absolute atomic E-state index is 15.8. The number of imidazole rings is 2. The fourth-order valence-corrected chi connectivity index (χ4v) is 6.96. The van der Waals surface area contributed by atoms with Crippen LogP contribution in [0.4, 0.5) is 10.3 Å². The third-order valence-electron chi connectivity index (χ3n) is 6.25. The highest BCUT2D eigenvalue weighted by Gasteiger charge is 2.52. The van der Waals surface area contributed by atoms with Crippen LogP contribution in [0.5, 0.6) is 0 Å². The molecule has 0 amide bonds. The number of nitrogen functional groups attached to an aromatic ring is 1. The van der Waals surface area contributed by atoms with E-state index in [0.29, 0.717) is 0 Å². The number of hydrogen-bond acceptors (Lipinski definition) is 13. The Morgan fingerprint density at radius 3 is 2.85 bits per heavy atom. The van der Waals surface area contributed by atoms with Crippen molar-refractivity contribution in [2.45, 2.75) is 37.8 Å². The highest BCUT2D eigenvalue weighted by atomic mass is 32.7. The van der Waals surface area contributed by atoms with Gasteiger partial charge in [0.25, 0.3) is 17.1 Å². The summed E-state index contributed by atoms with van der Waals surface area (Å²) in [5.74, 6) is -0.151. The smallest absolute Gasteiger partial charge is 0.355 e. The number of alkyl halides is 1. The predicted octanol–water partition coefficient (Wildman–Crippen LogP) is -0.307. The Kier molecular flexibility index (Phi) is 7.38. The van der Waals surface area contributed by atoms with E-state index in [1.54, 1.807) is 0 Å². The second-order valence-corrected chi connectivity index (χ2v) is 14.5. The zero-order valence-electron chi connectivity index (χ0n) is 20.4. The van der Waals surface area contributed by atoms with Gasteiger partial charge in [0.05, 0.1) is 19.5 Å². The van der Waals surface area contributed by atoms with Gasteiger partial charge in [0.15, 0.2) is 29.8 Å². The number of thiol groups is 1. The molecule has 0 saturated carbocycles. The summed E-state index contributed by atoms with van der Waals surface area (Å²) in [4.78, 5) is 55.0. The van der Waals surface area contributed by atoms with Gasteiger partial charge in [-0.1, -0.05) is 17.2 Å². The molecule has 0 spiro atoms. The molecule has 6 N–H and O–H groups in total. The van der Waals surface area contributed by atoms with Crippen LogP contribution >= 0.6 is 25.8 Å². The van der Waals surface area contributed by atoms with E-state index in [9.17, 15) is 19.0 Å². The zero-order chi connectivity index (χ0) is 29.1. The van der Waals surface area contributed by atoms with Crippen LogP contribution in [0.15, 0.2) is 22.2 Å². The van der Waals surface area contributed by atoms with Gasteiger partial charge < -0.3 is 34.0 Å². The van der Waals surface area contributed by atoms with E-state index in [-0.39, 0.29) is 47.3 Å². The van der Waals surface area contributed by atoms with Gasteiger partial charge in [-0.15, -0.1) is 0 Å². The Morgan fingerprint density at radius 1 is 1.24 bits per heavy atom. The Balaban J connectivity index is 1.39. The first-order chi connectivity index (χ1) is 19.4. The summed E-state index contributed by atoms with van der Waals surface area (Å²) in [7, 11) is 0. The summed E-state index contributed by atoms with van der Waals surface area (Å²) < 4.78 is 59.4. The van der Waals surface area contributed by atoms with Crippen LogP contribution in [0.25, 0.3) is 22.3 Å². The van der Waals surface area contributed by atoms with Crippen LogP contribution in [0.3, 0.4) is 0 Å². The maximum atomic E-state index is 15.8. The lowest BCUT2D eigenvalue weighted by Gasteiger charge is -2.22. The first-order valence-corrected chi connectivity index (χ1v) is 17.0. The number of hydrogen-bond donors (Lipinski definition) is 6. The number of halogens is 1. The molecule has 6 atom stereocenters. The molecule has 1 saturated heterocycles. The molecule has 6 unspecified atom stereocenters. The molecular weight excluding hydrogens is 631 g/mol. The number of nitrogens with zero attached hydrogens (tertiary/aromatic N) is 5. The first-order valence-electron chi connectivity index (χ1n) is 11.7. The Morgan fingerprint density at radius 2 is 2.05 bits per heavy atom. The van der Waals surface area contributed by atoms with E-state index in [1.165, 1.54) is 21.8 Å². The Bertz CT molecular complexity index is 1860. The van der Waals surface area contributed by atoms with Crippen molar-refractivity contribution in [2.24, 2.45) is 0 Å². The van der Waals surface area contributed by atoms with E-state index in [2.05, 4.69) is 42.2 Å². The molecular formula is C18H21FN9O9P2S2+. The molecule has 2 aliphatic heterocycles. The molecule has 18 nitrogen and oxygen atoms in total. The lowest BCUT2D eigenvalue weighted by atomic mass is 10.1. The van der Waals surface area contributed by atoms with Gasteiger partial charge in [-0.05, 0) is 11.8 Å². The summed E-state index contributed by atoms with van der Waals surface area (Å²) >= 11 is 9.08. The van der Waals surface area contributed by atoms with Crippen molar-refractivity contribution in [3.05, 3.63) is 39.2 Å². The average molecular weight is 653 g/mol. The number of H-pyrrole nitrogens is 3. The SMILES string of the molecule is Nc1nc2c([nH]c[n+]2C2OC3COP(O)(=S)OCCn4c(nc5c(=O)[nH]cnc54)COP(=O)(S)OC2C3F)c(=O)[nH]1. The van der Waals surface area contributed by atoms with Gasteiger partial charge >= 0.3 is 19.2 Å². The Labute approximate surface area is 237 Å². The van der Waals surface area contributed by atoms with Crippen LogP contribution in [-0.4, -0.2) is 71.0 Å². The van der Waals surface area contributed by atoms with Crippen molar-refractivity contribution < 1.29 is 41.2 Å². The number of ether oxygens (including phenoxy) is 1. The number of nitrogens with one attached hydrogen (secondary N) is 3. The van der Waals surface area contributed by atoms with Crippen LogP contribution in [-0.2, 0) is 52.4 Å². The fourth-order valence-electron chi connectivity index (χ4n) is 4.46. The van der Waals surface area contributed by atoms with E-state index in [0.717, 1.165) is 0 Å². The summed E-state index contributed by atoms with van der Waals surface area (Å²) in [6.07, 6.45) is -4.08. The topological polar surface area (TPSA) is 238 Å². The molecule has 0 aliphatic carbocycles. The monoisotopic (exact) mass is 652 g/mol. The number of rotatable bonds is 1. The molecule has 6 heterocycles. The number of aromatic nitrogens is 8. The van der Waals surface area contributed by atoms with Gasteiger partial charge in [-0.2, -0.15) is 0 Å². The normalized spacial score (nSPS) is 31.6. The van der Waals surface area contributed by atoms with Gasteiger partial charge in [0.2, 0.25) is 11.7 Å². The molecule has 4 aromatic heterocycles. The van der Waals surface area contributed by atoms with Crippen molar-refractivity contribution in [2.75, 3.05) is 18.9 Å². The molecule has 0 radical (unpaired) electrons. The van der Waals surface area contributed by atoms with Crippen LogP contribution < -0.4 is 21.4 Å². The Hall–Kier alpha value is -2.58. The summed E-state index contributed by atoms with van der Waals surface area (Å²) in [6.45, 7) is -9.62. The lowest BCUT2D eigenvalue weighted by molar-refractivity contribution is -0.744. The van der Waals surface area contributed by atoms with Gasteiger partial charge in [0.1, 0.15) is 18.5 Å². The lowest BCUT2D eigenvalue weighted by Crippen LogP contribution is -2.46. The molecule has 2 aliphatic rings. The summed E-state index contributed by atoms with van der Waals surface area (Å²) in [5.41, 5.74) is 4.60. The molecule has 0 aromatic carbocycles. The largest absolute Gasteiger partial charge is 0.387 e. The van der Waals surface area contributed by atoms with E-state index >= 15 is 4.39 Å². The predicted molar refractivity (Wildman–Crippen MR) is 143 cm³/mol. The molecule has 23 heteroatoms. The number of fused-ring (bicyclic) bond motifs is 6.